The van der Waals surface area contributed by atoms with Crippen LogP contribution in [0.5, 0.6) is 0 Å². The van der Waals surface area contributed by atoms with Crippen molar-refractivity contribution in [2.45, 2.75) is 6.54 Å². The third-order valence-electron chi connectivity index (χ3n) is 2.34. The average molecular weight is 237 g/mol. The van der Waals surface area contributed by atoms with Gasteiger partial charge in [-0.15, -0.1) is 0 Å². The highest BCUT2D eigenvalue weighted by Crippen LogP contribution is 2.06. The molecule has 0 aliphatic carbocycles. The number of aliphatic hydroxyl groups is 1. The van der Waals surface area contributed by atoms with Crippen molar-refractivity contribution in [1.29, 1.82) is 0 Å². The molecule has 1 aromatic carbocycles. The van der Waals surface area contributed by atoms with Gasteiger partial charge in [0.1, 0.15) is 0 Å². The predicted molar refractivity (Wildman–Crippen MR) is 71.8 cm³/mol. The maximum Gasteiger partial charge on any atom is 0.0558 e. The Morgan fingerprint density at radius 1 is 1.31 bits per heavy atom. The highest BCUT2D eigenvalue weighted by molar-refractivity contribution is 7.80. The average Bonchev–Trinajstić information content (AvgIpc) is 2.30. The Labute approximate surface area is 103 Å². The Kier molecular flexibility index (Phi) is 6.23. The molecule has 0 heterocycles. The van der Waals surface area contributed by atoms with Crippen LogP contribution in [0, 0.1) is 0 Å². The molecule has 88 valence electrons. The summed E-state index contributed by atoms with van der Waals surface area (Å²) in [4.78, 5) is 2.17. The summed E-state index contributed by atoms with van der Waals surface area (Å²) in [5.74, 6) is 0.691. The van der Waals surface area contributed by atoms with E-state index in [2.05, 4.69) is 36.2 Å². The Bertz CT molecular complexity index is 313. The highest BCUT2D eigenvalue weighted by atomic mass is 32.1. The Morgan fingerprint density at radius 3 is 2.56 bits per heavy atom. The van der Waals surface area contributed by atoms with Gasteiger partial charge in [-0.2, -0.15) is 12.6 Å². The van der Waals surface area contributed by atoms with Crippen molar-refractivity contribution >= 4 is 12.6 Å². The number of aliphatic hydroxyl groups excluding tert-OH is 1. The molecule has 1 rings (SSSR count). The van der Waals surface area contributed by atoms with Crippen LogP contribution in [0.2, 0.25) is 0 Å². The molecular formula is C13H19NOS. The third kappa shape index (κ3) is 4.84. The van der Waals surface area contributed by atoms with Crippen LogP contribution in [0.15, 0.2) is 42.5 Å². The summed E-state index contributed by atoms with van der Waals surface area (Å²) in [5.41, 5.74) is 2.33. The van der Waals surface area contributed by atoms with E-state index in [0.717, 1.165) is 18.7 Å². The lowest BCUT2D eigenvalue weighted by atomic mass is 10.2. The predicted octanol–water partition coefficient (Wildman–Crippen LogP) is 1.97. The fourth-order valence-corrected chi connectivity index (χ4v) is 1.66. The van der Waals surface area contributed by atoms with Crippen LogP contribution >= 0.6 is 12.6 Å². The molecule has 0 aliphatic heterocycles. The minimum absolute atomic E-state index is 0.173. The molecule has 2 nitrogen and oxygen atoms in total. The quantitative estimate of drug-likeness (QED) is 0.559. The summed E-state index contributed by atoms with van der Waals surface area (Å²) >= 11 is 4.20. The molecular weight excluding hydrogens is 218 g/mol. The second kappa shape index (κ2) is 7.49. The van der Waals surface area contributed by atoms with Crippen molar-refractivity contribution in [3.05, 3.63) is 48.0 Å². The van der Waals surface area contributed by atoms with Crippen LogP contribution in [-0.4, -0.2) is 35.5 Å². The minimum Gasteiger partial charge on any atom is -0.395 e. The lowest BCUT2D eigenvalue weighted by Crippen LogP contribution is -2.28. The molecule has 0 amide bonds. The zero-order chi connectivity index (χ0) is 11.8. The third-order valence-corrected chi connectivity index (χ3v) is 2.78. The first-order valence-corrected chi connectivity index (χ1v) is 6.04. The SMILES string of the molecule is C=C(CS)CN(CCO)Cc1ccccc1. The van der Waals surface area contributed by atoms with Crippen LogP contribution in [0.25, 0.3) is 0 Å². The summed E-state index contributed by atoms with van der Waals surface area (Å²) in [7, 11) is 0. The number of thiol groups is 1. The summed E-state index contributed by atoms with van der Waals surface area (Å²) in [6.45, 7) is 6.41. The monoisotopic (exact) mass is 237 g/mol. The fraction of sp³-hybridized carbons (Fsp3) is 0.385. The number of nitrogens with zero attached hydrogens (tertiary/aromatic N) is 1. The standard InChI is InChI=1S/C13H19NOS/c1-12(11-16)9-14(7-8-15)10-13-5-3-2-4-6-13/h2-6,15-16H,1,7-11H2. The molecule has 0 fully saturated rings. The summed E-state index contributed by atoms with van der Waals surface area (Å²) in [6.07, 6.45) is 0. The summed E-state index contributed by atoms with van der Waals surface area (Å²) < 4.78 is 0. The molecule has 3 heteroatoms. The van der Waals surface area contributed by atoms with E-state index >= 15 is 0 Å². The van der Waals surface area contributed by atoms with Crippen molar-refractivity contribution in [2.75, 3.05) is 25.4 Å². The zero-order valence-corrected chi connectivity index (χ0v) is 10.4. The van der Waals surface area contributed by atoms with Crippen LogP contribution in [0.4, 0.5) is 0 Å². The van der Waals surface area contributed by atoms with Gasteiger partial charge in [0, 0.05) is 25.4 Å². The first kappa shape index (κ1) is 13.3. The van der Waals surface area contributed by atoms with Crippen LogP contribution in [0.1, 0.15) is 5.56 Å². The molecule has 0 atom stereocenters. The number of benzene rings is 1. The normalized spacial score (nSPS) is 10.7. The summed E-state index contributed by atoms with van der Waals surface area (Å²) in [5, 5.41) is 9.01. The second-order valence-electron chi connectivity index (χ2n) is 3.83. The molecule has 0 bridgehead atoms. The van der Waals surface area contributed by atoms with Crippen LogP contribution < -0.4 is 0 Å². The van der Waals surface area contributed by atoms with Crippen LogP contribution in [-0.2, 0) is 6.54 Å². The van der Waals surface area contributed by atoms with E-state index in [1.54, 1.807) is 0 Å². The second-order valence-corrected chi connectivity index (χ2v) is 4.14. The lowest BCUT2D eigenvalue weighted by Gasteiger charge is -2.22. The molecule has 0 aromatic heterocycles. The lowest BCUT2D eigenvalue weighted by molar-refractivity contribution is 0.201. The number of hydrogen-bond donors (Lipinski definition) is 2. The molecule has 16 heavy (non-hydrogen) atoms. The van der Waals surface area contributed by atoms with Gasteiger partial charge in [0.2, 0.25) is 0 Å². The van der Waals surface area contributed by atoms with E-state index in [-0.39, 0.29) is 6.61 Å². The molecule has 0 spiro atoms. The van der Waals surface area contributed by atoms with Gasteiger partial charge in [0.15, 0.2) is 0 Å². The Morgan fingerprint density at radius 2 is 2.00 bits per heavy atom. The van der Waals surface area contributed by atoms with E-state index in [1.165, 1.54) is 5.56 Å². The van der Waals surface area contributed by atoms with Crippen molar-refractivity contribution in [3.8, 4) is 0 Å². The molecule has 0 unspecified atom stereocenters. The molecule has 1 N–H and O–H groups in total. The fourth-order valence-electron chi connectivity index (χ4n) is 1.56. The smallest absolute Gasteiger partial charge is 0.0558 e. The van der Waals surface area contributed by atoms with Gasteiger partial charge in [-0.25, -0.2) is 0 Å². The molecule has 1 aromatic rings. The van der Waals surface area contributed by atoms with Gasteiger partial charge in [-0.05, 0) is 5.56 Å². The van der Waals surface area contributed by atoms with Gasteiger partial charge in [-0.1, -0.05) is 42.5 Å². The maximum atomic E-state index is 9.01. The molecule has 0 aliphatic rings. The molecule has 0 saturated carbocycles. The minimum atomic E-state index is 0.173. The van der Waals surface area contributed by atoms with E-state index in [0.29, 0.717) is 12.3 Å². The largest absolute Gasteiger partial charge is 0.395 e. The van der Waals surface area contributed by atoms with Gasteiger partial charge >= 0.3 is 0 Å². The van der Waals surface area contributed by atoms with Gasteiger partial charge in [-0.3, -0.25) is 4.90 Å². The van der Waals surface area contributed by atoms with Gasteiger partial charge < -0.3 is 5.11 Å². The molecule has 0 radical (unpaired) electrons. The van der Waals surface area contributed by atoms with Gasteiger partial charge in [0.25, 0.3) is 0 Å². The summed E-state index contributed by atoms with van der Waals surface area (Å²) in [6, 6.07) is 10.2. The molecule has 0 saturated heterocycles. The Balaban J connectivity index is 2.54. The number of hydrogen-bond acceptors (Lipinski definition) is 3. The topological polar surface area (TPSA) is 23.5 Å². The van der Waals surface area contributed by atoms with Crippen molar-refractivity contribution in [3.63, 3.8) is 0 Å². The Hall–Kier alpha value is -0.770. The first-order valence-electron chi connectivity index (χ1n) is 5.41. The van der Waals surface area contributed by atoms with Crippen molar-refractivity contribution in [1.82, 2.24) is 4.90 Å². The highest BCUT2D eigenvalue weighted by Gasteiger charge is 2.06. The van der Waals surface area contributed by atoms with Crippen molar-refractivity contribution < 1.29 is 5.11 Å². The number of rotatable bonds is 7. The van der Waals surface area contributed by atoms with E-state index in [9.17, 15) is 0 Å². The van der Waals surface area contributed by atoms with E-state index in [1.807, 2.05) is 18.2 Å². The van der Waals surface area contributed by atoms with E-state index in [4.69, 9.17) is 5.11 Å². The van der Waals surface area contributed by atoms with Gasteiger partial charge in [0.05, 0.1) is 6.61 Å². The van der Waals surface area contributed by atoms with E-state index < -0.39 is 0 Å². The zero-order valence-electron chi connectivity index (χ0n) is 9.47. The van der Waals surface area contributed by atoms with Crippen LogP contribution in [0.3, 0.4) is 0 Å². The van der Waals surface area contributed by atoms with Crippen molar-refractivity contribution in [2.24, 2.45) is 0 Å². The maximum absolute atomic E-state index is 9.01. The first-order chi connectivity index (χ1) is 7.76.